The molecule has 0 bridgehead atoms. The minimum absolute atomic E-state index is 0.138. The molecule has 4 nitrogen and oxygen atoms in total. The number of amides is 1. The Morgan fingerprint density at radius 3 is 2.75 bits per heavy atom. The van der Waals surface area contributed by atoms with Gasteiger partial charge >= 0.3 is 0 Å². The minimum atomic E-state index is -0.279. The van der Waals surface area contributed by atoms with Gasteiger partial charge in [0.05, 0.1) is 17.1 Å². The number of aromatic nitrogens is 2. The van der Waals surface area contributed by atoms with Gasteiger partial charge in [-0.25, -0.2) is 4.39 Å². The zero-order chi connectivity index (χ0) is 16.8. The Kier molecular flexibility index (Phi) is 5.28. The van der Waals surface area contributed by atoms with Crippen molar-refractivity contribution in [1.82, 2.24) is 15.3 Å². The molecule has 0 atom stereocenters. The number of aryl methyl sites for hydroxylation is 1. The van der Waals surface area contributed by atoms with Crippen molar-refractivity contribution in [3.05, 3.63) is 71.2 Å². The first kappa shape index (κ1) is 16.3. The summed E-state index contributed by atoms with van der Waals surface area (Å²) in [6.07, 6.45) is 3.85. The molecule has 0 saturated carbocycles. The zero-order valence-corrected chi connectivity index (χ0v) is 13.7. The second-order valence-electron chi connectivity index (χ2n) is 5.20. The van der Waals surface area contributed by atoms with Crippen LogP contribution in [-0.2, 0) is 17.8 Å². The standard InChI is InChI=1S/C18H16FN3OS/c19-14-5-2-1-4-13(14)7-8-17(23)22-12-15-18(21-10-9-20-15)16-6-3-11-24-16/h1-6,9-11H,7-8,12H2,(H,22,23). The van der Waals surface area contributed by atoms with Crippen LogP contribution in [0.1, 0.15) is 17.7 Å². The summed E-state index contributed by atoms with van der Waals surface area (Å²) >= 11 is 1.58. The Hall–Kier alpha value is -2.60. The summed E-state index contributed by atoms with van der Waals surface area (Å²) in [6.45, 7) is 0.303. The van der Waals surface area contributed by atoms with Gasteiger partial charge in [-0.1, -0.05) is 24.3 Å². The predicted molar refractivity (Wildman–Crippen MR) is 91.9 cm³/mol. The van der Waals surface area contributed by atoms with Gasteiger partial charge in [-0.15, -0.1) is 11.3 Å². The first-order valence-corrected chi connectivity index (χ1v) is 8.46. The van der Waals surface area contributed by atoms with Gasteiger partial charge in [-0.05, 0) is 29.5 Å². The maximum absolute atomic E-state index is 13.6. The molecule has 0 aliphatic heterocycles. The average Bonchev–Trinajstić information content (AvgIpc) is 3.14. The first-order chi connectivity index (χ1) is 11.7. The lowest BCUT2D eigenvalue weighted by Gasteiger charge is -2.08. The normalized spacial score (nSPS) is 10.5. The van der Waals surface area contributed by atoms with Crippen LogP contribution < -0.4 is 5.32 Å². The molecule has 1 aromatic carbocycles. The summed E-state index contributed by atoms with van der Waals surface area (Å²) in [7, 11) is 0. The summed E-state index contributed by atoms with van der Waals surface area (Å²) in [6, 6.07) is 10.4. The van der Waals surface area contributed by atoms with Crippen molar-refractivity contribution in [2.45, 2.75) is 19.4 Å². The van der Waals surface area contributed by atoms with E-state index in [1.165, 1.54) is 6.07 Å². The third-order valence-corrected chi connectivity index (χ3v) is 4.44. The van der Waals surface area contributed by atoms with Crippen LogP contribution in [0.15, 0.2) is 54.2 Å². The highest BCUT2D eigenvalue weighted by molar-refractivity contribution is 7.13. The van der Waals surface area contributed by atoms with E-state index in [1.54, 1.807) is 41.9 Å². The predicted octanol–water partition coefficient (Wildman–Crippen LogP) is 3.59. The van der Waals surface area contributed by atoms with Crippen LogP contribution in [0.4, 0.5) is 4.39 Å². The minimum Gasteiger partial charge on any atom is -0.350 e. The fourth-order valence-electron chi connectivity index (χ4n) is 2.34. The molecule has 0 aliphatic rings. The van der Waals surface area contributed by atoms with Crippen LogP contribution in [0.5, 0.6) is 0 Å². The Morgan fingerprint density at radius 2 is 1.96 bits per heavy atom. The van der Waals surface area contributed by atoms with Crippen molar-refractivity contribution in [2.24, 2.45) is 0 Å². The van der Waals surface area contributed by atoms with Gasteiger partial charge in [0.15, 0.2) is 0 Å². The molecular weight excluding hydrogens is 325 g/mol. The Labute approximate surface area is 143 Å². The van der Waals surface area contributed by atoms with Crippen LogP contribution in [0.25, 0.3) is 10.6 Å². The second-order valence-corrected chi connectivity index (χ2v) is 6.14. The van der Waals surface area contributed by atoms with E-state index in [0.29, 0.717) is 18.5 Å². The average molecular weight is 341 g/mol. The number of benzene rings is 1. The first-order valence-electron chi connectivity index (χ1n) is 7.58. The molecule has 0 saturated heterocycles. The number of nitrogens with zero attached hydrogens (tertiary/aromatic N) is 2. The molecule has 0 spiro atoms. The van der Waals surface area contributed by atoms with Crippen molar-refractivity contribution in [1.29, 1.82) is 0 Å². The number of carbonyl (C=O) groups is 1. The summed E-state index contributed by atoms with van der Waals surface area (Å²) in [5, 5.41) is 4.80. The van der Waals surface area contributed by atoms with E-state index in [1.807, 2.05) is 17.5 Å². The molecule has 2 heterocycles. The maximum Gasteiger partial charge on any atom is 0.220 e. The number of halogens is 1. The molecule has 0 fully saturated rings. The van der Waals surface area contributed by atoms with Gasteiger partial charge in [-0.2, -0.15) is 0 Å². The quantitative estimate of drug-likeness (QED) is 0.745. The smallest absolute Gasteiger partial charge is 0.220 e. The van der Waals surface area contributed by atoms with Crippen molar-refractivity contribution in [3.63, 3.8) is 0 Å². The zero-order valence-electron chi connectivity index (χ0n) is 12.9. The van der Waals surface area contributed by atoms with E-state index >= 15 is 0 Å². The van der Waals surface area contributed by atoms with Crippen LogP contribution >= 0.6 is 11.3 Å². The van der Waals surface area contributed by atoms with Gasteiger partial charge < -0.3 is 5.32 Å². The molecule has 0 unspecified atom stereocenters. The third-order valence-electron chi connectivity index (χ3n) is 3.56. The van der Waals surface area contributed by atoms with Gasteiger partial charge in [0.25, 0.3) is 0 Å². The van der Waals surface area contributed by atoms with Crippen LogP contribution in [0.2, 0.25) is 0 Å². The fraction of sp³-hybridized carbons (Fsp3) is 0.167. The summed E-state index contributed by atoms with van der Waals surface area (Å²) < 4.78 is 13.6. The SMILES string of the molecule is O=C(CCc1ccccc1F)NCc1nccnc1-c1cccs1. The molecule has 3 rings (SSSR count). The number of carbonyl (C=O) groups excluding carboxylic acids is 1. The van der Waals surface area contributed by atoms with Gasteiger partial charge in [-0.3, -0.25) is 14.8 Å². The van der Waals surface area contributed by atoms with E-state index in [4.69, 9.17) is 0 Å². The number of hydrogen-bond acceptors (Lipinski definition) is 4. The molecule has 24 heavy (non-hydrogen) atoms. The van der Waals surface area contributed by atoms with Crippen molar-refractivity contribution in [2.75, 3.05) is 0 Å². The van der Waals surface area contributed by atoms with Crippen molar-refractivity contribution in [3.8, 4) is 10.6 Å². The molecule has 2 aromatic heterocycles. The second kappa shape index (κ2) is 7.79. The van der Waals surface area contributed by atoms with E-state index < -0.39 is 0 Å². The largest absolute Gasteiger partial charge is 0.350 e. The number of hydrogen-bond donors (Lipinski definition) is 1. The highest BCUT2D eigenvalue weighted by Gasteiger charge is 2.11. The van der Waals surface area contributed by atoms with E-state index in [-0.39, 0.29) is 18.1 Å². The van der Waals surface area contributed by atoms with Gasteiger partial charge in [0.2, 0.25) is 5.91 Å². The van der Waals surface area contributed by atoms with Crippen molar-refractivity contribution >= 4 is 17.2 Å². The van der Waals surface area contributed by atoms with E-state index in [0.717, 1.165) is 16.3 Å². The lowest BCUT2D eigenvalue weighted by molar-refractivity contribution is -0.121. The Bertz CT molecular complexity index is 821. The molecule has 6 heteroatoms. The lowest BCUT2D eigenvalue weighted by atomic mass is 10.1. The third kappa shape index (κ3) is 4.02. The molecule has 1 amide bonds. The number of nitrogens with one attached hydrogen (secondary N) is 1. The van der Waals surface area contributed by atoms with Gasteiger partial charge in [0.1, 0.15) is 11.5 Å². The molecule has 0 aliphatic carbocycles. The molecule has 3 aromatic rings. The fourth-order valence-corrected chi connectivity index (χ4v) is 3.08. The lowest BCUT2D eigenvalue weighted by Crippen LogP contribution is -2.24. The van der Waals surface area contributed by atoms with E-state index in [9.17, 15) is 9.18 Å². The Balaban J connectivity index is 1.58. The monoisotopic (exact) mass is 341 g/mol. The molecule has 1 N–H and O–H groups in total. The van der Waals surface area contributed by atoms with Crippen molar-refractivity contribution < 1.29 is 9.18 Å². The summed E-state index contributed by atoms with van der Waals surface area (Å²) in [4.78, 5) is 21.7. The molecule has 0 radical (unpaired) electrons. The highest BCUT2D eigenvalue weighted by atomic mass is 32.1. The molecule has 122 valence electrons. The number of rotatable bonds is 6. The van der Waals surface area contributed by atoms with Gasteiger partial charge in [0, 0.05) is 18.8 Å². The van der Waals surface area contributed by atoms with Crippen LogP contribution in [-0.4, -0.2) is 15.9 Å². The summed E-state index contributed by atoms with van der Waals surface area (Å²) in [5.41, 5.74) is 2.05. The maximum atomic E-state index is 13.6. The number of thiophene rings is 1. The highest BCUT2D eigenvalue weighted by Crippen LogP contribution is 2.24. The summed E-state index contributed by atoms with van der Waals surface area (Å²) in [5.74, 6) is -0.416. The van der Waals surface area contributed by atoms with Crippen LogP contribution in [0, 0.1) is 5.82 Å². The Morgan fingerprint density at radius 1 is 1.12 bits per heavy atom. The molecular formula is C18H16FN3OS. The van der Waals surface area contributed by atoms with E-state index in [2.05, 4.69) is 15.3 Å². The van der Waals surface area contributed by atoms with Crippen LogP contribution in [0.3, 0.4) is 0 Å². The topological polar surface area (TPSA) is 54.9 Å².